The normalized spacial score (nSPS) is 10.6. The Bertz CT molecular complexity index is 779. The van der Waals surface area contributed by atoms with Crippen LogP contribution in [0.1, 0.15) is 5.69 Å². The molecule has 0 atom stereocenters. The molecule has 1 aromatic heterocycles. The van der Waals surface area contributed by atoms with E-state index in [1.165, 1.54) is 0 Å². The number of anilines is 2. The molecule has 0 aliphatic rings. The van der Waals surface area contributed by atoms with Crippen LogP contribution in [0, 0.1) is 6.92 Å². The molecule has 1 N–H and O–H groups in total. The van der Waals surface area contributed by atoms with Crippen LogP contribution in [-0.2, 0) is 0 Å². The van der Waals surface area contributed by atoms with E-state index in [-0.39, 0.29) is 0 Å². The number of hydrogen-bond acceptors (Lipinski definition) is 3. The third kappa shape index (κ3) is 2.93. The Morgan fingerprint density at radius 3 is 2.52 bits per heavy atom. The van der Waals surface area contributed by atoms with Gasteiger partial charge in [-0.05, 0) is 55.5 Å². The summed E-state index contributed by atoms with van der Waals surface area (Å²) in [5.41, 5.74) is 3.84. The number of hydrogen-bond donors (Lipinski definition) is 1. The molecular weight excluding hydrogens is 284 g/mol. The zero-order valence-corrected chi connectivity index (χ0v) is 12.6. The lowest BCUT2D eigenvalue weighted by Crippen LogP contribution is -1.95. The molecule has 3 aromatic rings. The van der Waals surface area contributed by atoms with E-state index in [2.05, 4.69) is 10.3 Å². The van der Waals surface area contributed by atoms with Gasteiger partial charge in [0, 0.05) is 27.5 Å². The van der Waals surface area contributed by atoms with E-state index in [0.717, 1.165) is 33.7 Å². The highest BCUT2D eigenvalue weighted by atomic mass is 35.5. The van der Waals surface area contributed by atoms with Crippen LogP contribution in [0.2, 0.25) is 5.02 Å². The number of benzene rings is 2. The predicted octanol–water partition coefficient (Wildman–Crippen LogP) is 4.95. The first-order chi connectivity index (χ1) is 10.2. The maximum absolute atomic E-state index is 6.04. The molecule has 0 aliphatic carbocycles. The number of pyridine rings is 1. The Labute approximate surface area is 128 Å². The van der Waals surface area contributed by atoms with Crippen molar-refractivity contribution in [3.63, 3.8) is 0 Å². The highest BCUT2D eigenvalue weighted by Crippen LogP contribution is 2.28. The molecule has 0 aliphatic heterocycles. The standard InChI is InChI=1S/C17H15ClN2O/c1-11-9-16(15-8-3-12(18)10-17(15)19-11)20-13-4-6-14(21-2)7-5-13/h3-10H,1-2H3,(H,19,20). The summed E-state index contributed by atoms with van der Waals surface area (Å²) < 4.78 is 5.17. The minimum Gasteiger partial charge on any atom is -0.497 e. The van der Waals surface area contributed by atoms with E-state index in [9.17, 15) is 0 Å². The first-order valence-electron chi connectivity index (χ1n) is 6.64. The van der Waals surface area contributed by atoms with Gasteiger partial charge in [0.1, 0.15) is 5.75 Å². The van der Waals surface area contributed by atoms with Crippen molar-refractivity contribution < 1.29 is 4.74 Å². The molecule has 0 fully saturated rings. The number of halogens is 1. The van der Waals surface area contributed by atoms with Crippen molar-refractivity contribution in [1.29, 1.82) is 0 Å². The number of aromatic nitrogens is 1. The Morgan fingerprint density at radius 1 is 1.05 bits per heavy atom. The van der Waals surface area contributed by atoms with Crippen LogP contribution in [0.25, 0.3) is 10.9 Å². The van der Waals surface area contributed by atoms with Crippen molar-refractivity contribution in [1.82, 2.24) is 4.98 Å². The number of rotatable bonds is 3. The SMILES string of the molecule is COc1ccc(Nc2cc(C)nc3cc(Cl)ccc23)cc1. The Balaban J connectivity index is 2.02. The predicted molar refractivity (Wildman–Crippen MR) is 87.8 cm³/mol. The number of nitrogens with one attached hydrogen (secondary N) is 1. The second-order valence-electron chi connectivity index (χ2n) is 4.83. The molecule has 0 bridgehead atoms. The van der Waals surface area contributed by atoms with Crippen LogP contribution in [0.15, 0.2) is 48.5 Å². The van der Waals surface area contributed by atoms with Gasteiger partial charge in [-0.25, -0.2) is 0 Å². The van der Waals surface area contributed by atoms with Crippen molar-refractivity contribution in [2.45, 2.75) is 6.92 Å². The molecule has 0 spiro atoms. The van der Waals surface area contributed by atoms with Gasteiger partial charge in [0.2, 0.25) is 0 Å². The van der Waals surface area contributed by atoms with Crippen molar-refractivity contribution in [2.75, 3.05) is 12.4 Å². The van der Waals surface area contributed by atoms with Gasteiger partial charge in [-0.15, -0.1) is 0 Å². The zero-order valence-electron chi connectivity index (χ0n) is 11.9. The minimum atomic E-state index is 0.691. The molecule has 0 saturated heterocycles. The van der Waals surface area contributed by atoms with Gasteiger partial charge < -0.3 is 10.1 Å². The fourth-order valence-corrected chi connectivity index (χ4v) is 2.43. The second-order valence-corrected chi connectivity index (χ2v) is 5.26. The van der Waals surface area contributed by atoms with E-state index >= 15 is 0 Å². The Kier molecular flexibility index (Phi) is 3.67. The van der Waals surface area contributed by atoms with Gasteiger partial charge in [-0.2, -0.15) is 0 Å². The van der Waals surface area contributed by atoms with Gasteiger partial charge in [-0.1, -0.05) is 11.6 Å². The second kappa shape index (κ2) is 5.62. The Hall–Kier alpha value is -2.26. The summed E-state index contributed by atoms with van der Waals surface area (Å²) in [6.07, 6.45) is 0. The molecule has 0 unspecified atom stereocenters. The van der Waals surface area contributed by atoms with Gasteiger partial charge >= 0.3 is 0 Å². The molecule has 106 valence electrons. The summed E-state index contributed by atoms with van der Waals surface area (Å²) in [7, 11) is 1.66. The first-order valence-corrected chi connectivity index (χ1v) is 7.01. The molecule has 3 nitrogen and oxygen atoms in total. The summed E-state index contributed by atoms with van der Waals surface area (Å²) in [6, 6.07) is 15.6. The monoisotopic (exact) mass is 298 g/mol. The number of aryl methyl sites for hydroxylation is 1. The van der Waals surface area contributed by atoms with Gasteiger partial charge in [0.15, 0.2) is 0 Å². The minimum absolute atomic E-state index is 0.691. The lowest BCUT2D eigenvalue weighted by molar-refractivity contribution is 0.415. The molecule has 0 amide bonds. The average molecular weight is 299 g/mol. The zero-order chi connectivity index (χ0) is 14.8. The van der Waals surface area contributed by atoms with Crippen LogP contribution in [0.4, 0.5) is 11.4 Å². The van der Waals surface area contributed by atoms with Gasteiger partial charge in [0.05, 0.1) is 12.6 Å². The van der Waals surface area contributed by atoms with Crippen LogP contribution >= 0.6 is 11.6 Å². The van der Waals surface area contributed by atoms with Crippen molar-refractivity contribution in [3.8, 4) is 5.75 Å². The van der Waals surface area contributed by atoms with Gasteiger partial charge in [0.25, 0.3) is 0 Å². The van der Waals surface area contributed by atoms with E-state index in [1.807, 2.05) is 55.5 Å². The largest absolute Gasteiger partial charge is 0.497 e. The van der Waals surface area contributed by atoms with Gasteiger partial charge in [-0.3, -0.25) is 4.98 Å². The average Bonchev–Trinajstić information content (AvgIpc) is 2.47. The molecule has 4 heteroatoms. The van der Waals surface area contributed by atoms with E-state index in [1.54, 1.807) is 7.11 Å². The third-order valence-electron chi connectivity index (χ3n) is 3.27. The quantitative estimate of drug-likeness (QED) is 0.743. The summed E-state index contributed by atoms with van der Waals surface area (Å²) >= 11 is 6.04. The molecule has 0 radical (unpaired) electrons. The van der Waals surface area contributed by atoms with Crippen molar-refractivity contribution >= 4 is 33.9 Å². The maximum Gasteiger partial charge on any atom is 0.119 e. The first kappa shape index (κ1) is 13.7. The molecule has 3 rings (SSSR count). The maximum atomic E-state index is 6.04. The molecule has 1 heterocycles. The van der Waals surface area contributed by atoms with Crippen LogP contribution in [-0.4, -0.2) is 12.1 Å². The van der Waals surface area contributed by atoms with E-state index in [0.29, 0.717) is 5.02 Å². The topological polar surface area (TPSA) is 34.1 Å². The van der Waals surface area contributed by atoms with Crippen LogP contribution < -0.4 is 10.1 Å². The lowest BCUT2D eigenvalue weighted by atomic mass is 10.1. The summed E-state index contributed by atoms with van der Waals surface area (Å²) in [4.78, 5) is 4.52. The molecule has 2 aromatic carbocycles. The van der Waals surface area contributed by atoms with Crippen molar-refractivity contribution in [2.24, 2.45) is 0 Å². The molecule has 21 heavy (non-hydrogen) atoms. The number of ether oxygens (including phenoxy) is 1. The third-order valence-corrected chi connectivity index (χ3v) is 3.50. The van der Waals surface area contributed by atoms with Crippen LogP contribution in [0.5, 0.6) is 5.75 Å². The van der Waals surface area contributed by atoms with Crippen molar-refractivity contribution in [3.05, 3.63) is 59.2 Å². The summed E-state index contributed by atoms with van der Waals surface area (Å²) in [5.74, 6) is 0.836. The number of fused-ring (bicyclic) bond motifs is 1. The van der Waals surface area contributed by atoms with Crippen LogP contribution in [0.3, 0.4) is 0 Å². The molecular formula is C17H15ClN2O. The van der Waals surface area contributed by atoms with E-state index in [4.69, 9.17) is 16.3 Å². The summed E-state index contributed by atoms with van der Waals surface area (Å²) in [6.45, 7) is 1.97. The number of methoxy groups -OCH3 is 1. The highest BCUT2D eigenvalue weighted by molar-refractivity contribution is 6.31. The lowest BCUT2D eigenvalue weighted by Gasteiger charge is -2.11. The molecule has 0 saturated carbocycles. The fraction of sp³-hybridized carbons (Fsp3) is 0.118. The fourth-order valence-electron chi connectivity index (χ4n) is 2.27. The summed E-state index contributed by atoms with van der Waals surface area (Å²) in [5, 5.41) is 5.15. The Morgan fingerprint density at radius 2 is 1.81 bits per heavy atom. The highest BCUT2D eigenvalue weighted by Gasteiger charge is 2.05. The smallest absolute Gasteiger partial charge is 0.119 e. The number of nitrogens with zero attached hydrogens (tertiary/aromatic N) is 1. The van der Waals surface area contributed by atoms with E-state index < -0.39 is 0 Å².